The van der Waals surface area contributed by atoms with Crippen LogP contribution in [0.1, 0.15) is 44.6 Å². The van der Waals surface area contributed by atoms with Gasteiger partial charge in [-0.3, -0.25) is 4.79 Å². The van der Waals surface area contributed by atoms with Crippen LogP contribution in [-0.2, 0) is 19.6 Å². The van der Waals surface area contributed by atoms with Gasteiger partial charge < -0.3 is 10.1 Å². The molecular weight excluding hydrogens is 376 g/mol. The lowest BCUT2D eigenvalue weighted by Gasteiger charge is -2.60. The topological polar surface area (TPSA) is 84.5 Å². The van der Waals surface area contributed by atoms with E-state index in [2.05, 4.69) is 10.0 Å². The van der Waals surface area contributed by atoms with Gasteiger partial charge in [0, 0.05) is 26.3 Å². The highest BCUT2D eigenvalue weighted by atomic mass is 32.2. The minimum Gasteiger partial charge on any atom is -0.376 e. The van der Waals surface area contributed by atoms with E-state index in [1.54, 1.807) is 32.2 Å². The van der Waals surface area contributed by atoms with Gasteiger partial charge in [-0.05, 0) is 86.5 Å². The molecule has 0 spiro atoms. The van der Waals surface area contributed by atoms with Crippen molar-refractivity contribution in [2.75, 3.05) is 19.0 Å². The maximum Gasteiger partial charge on any atom is 0.240 e. The van der Waals surface area contributed by atoms with Crippen molar-refractivity contribution in [2.45, 2.75) is 56.4 Å². The molecule has 0 radical (unpaired) electrons. The number of amides is 1. The van der Waals surface area contributed by atoms with Crippen LogP contribution in [0.15, 0.2) is 23.1 Å². The molecule has 4 aliphatic carbocycles. The molecule has 4 fully saturated rings. The minimum atomic E-state index is -3.66. The zero-order chi connectivity index (χ0) is 20.1. The number of ether oxygens (including phenoxy) is 1. The quantitative estimate of drug-likeness (QED) is 0.760. The number of benzene rings is 1. The van der Waals surface area contributed by atoms with Gasteiger partial charge in [0.25, 0.3) is 0 Å². The fourth-order valence-corrected chi connectivity index (χ4v) is 7.49. The number of methoxy groups -OCH3 is 1. The van der Waals surface area contributed by atoms with Gasteiger partial charge in [0.15, 0.2) is 0 Å². The number of carbonyl (C=O) groups is 1. The molecule has 4 aliphatic rings. The third kappa shape index (κ3) is 3.37. The van der Waals surface area contributed by atoms with Crippen molar-refractivity contribution in [3.05, 3.63) is 23.8 Å². The Morgan fingerprint density at radius 1 is 1.14 bits per heavy atom. The number of rotatable bonds is 6. The lowest BCUT2D eigenvalue weighted by Crippen LogP contribution is -2.63. The van der Waals surface area contributed by atoms with Gasteiger partial charge in [0.1, 0.15) is 0 Å². The van der Waals surface area contributed by atoms with E-state index in [0.717, 1.165) is 37.5 Å². The first-order valence-electron chi connectivity index (χ1n) is 10.2. The number of nitrogens with one attached hydrogen (secondary N) is 2. The van der Waals surface area contributed by atoms with Gasteiger partial charge >= 0.3 is 0 Å². The van der Waals surface area contributed by atoms with E-state index in [0.29, 0.717) is 29.6 Å². The molecule has 1 aromatic carbocycles. The molecule has 154 valence electrons. The fraction of sp³-hybridized carbons (Fsp3) is 0.667. The molecule has 4 bridgehead atoms. The van der Waals surface area contributed by atoms with E-state index in [-0.39, 0.29) is 16.4 Å². The summed E-state index contributed by atoms with van der Waals surface area (Å²) in [6, 6.07) is 4.86. The minimum absolute atomic E-state index is 0.183. The summed E-state index contributed by atoms with van der Waals surface area (Å²) in [5.74, 6) is 2.30. The molecular formula is C21H30N2O4S. The van der Waals surface area contributed by atoms with Crippen molar-refractivity contribution in [1.29, 1.82) is 0 Å². The summed E-state index contributed by atoms with van der Waals surface area (Å²) in [5.41, 5.74) is 0.818. The van der Waals surface area contributed by atoms with Gasteiger partial charge in [0.2, 0.25) is 15.9 Å². The normalized spacial score (nSPS) is 33.8. The molecule has 1 amide bonds. The van der Waals surface area contributed by atoms with Crippen LogP contribution in [0.25, 0.3) is 0 Å². The van der Waals surface area contributed by atoms with Crippen molar-refractivity contribution >= 4 is 21.6 Å². The molecule has 6 nitrogen and oxygen atoms in total. The second-order valence-corrected chi connectivity index (χ2v) is 10.7. The van der Waals surface area contributed by atoms with E-state index in [4.69, 9.17) is 4.74 Å². The first kappa shape index (κ1) is 19.9. The van der Waals surface area contributed by atoms with Crippen LogP contribution in [-0.4, -0.2) is 33.6 Å². The van der Waals surface area contributed by atoms with Gasteiger partial charge in [0.05, 0.1) is 10.5 Å². The second-order valence-electron chi connectivity index (χ2n) is 8.95. The predicted octanol–water partition coefficient (Wildman–Crippen LogP) is 3.07. The number of hydrogen-bond donors (Lipinski definition) is 2. The Morgan fingerprint density at radius 2 is 1.75 bits per heavy atom. The smallest absolute Gasteiger partial charge is 0.240 e. The van der Waals surface area contributed by atoms with Gasteiger partial charge in [-0.15, -0.1) is 0 Å². The predicted molar refractivity (Wildman–Crippen MR) is 107 cm³/mol. The zero-order valence-electron chi connectivity index (χ0n) is 16.8. The monoisotopic (exact) mass is 406 g/mol. The molecule has 0 heterocycles. The van der Waals surface area contributed by atoms with Gasteiger partial charge in [-0.2, -0.15) is 0 Å². The largest absolute Gasteiger partial charge is 0.376 e. The molecule has 0 aromatic heterocycles. The van der Waals surface area contributed by atoms with Crippen LogP contribution in [0.3, 0.4) is 0 Å². The van der Waals surface area contributed by atoms with Crippen LogP contribution in [0.2, 0.25) is 0 Å². The first-order chi connectivity index (χ1) is 13.2. The van der Waals surface area contributed by atoms with Crippen molar-refractivity contribution in [3.8, 4) is 0 Å². The summed E-state index contributed by atoms with van der Waals surface area (Å²) < 4.78 is 35.0. The van der Waals surface area contributed by atoms with Gasteiger partial charge in [-0.25, -0.2) is 13.1 Å². The molecule has 28 heavy (non-hydrogen) atoms. The summed E-state index contributed by atoms with van der Waals surface area (Å²) >= 11 is 0. The van der Waals surface area contributed by atoms with E-state index in [1.807, 2.05) is 0 Å². The highest BCUT2D eigenvalue weighted by Gasteiger charge is 2.57. The van der Waals surface area contributed by atoms with Crippen LogP contribution in [0, 0.1) is 30.6 Å². The van der Waals surface area contributed by atoms with Gasteiger partial charge in [-0.1, -0.05) is 0 Å². The molecule has 0 aliphatic heterocycles. The van der Waals surface area contributed by atoms with E-state index in [9.17, 15) is 13.2 Å². The number of hydrogen-bond acceptors (Lipinski definition) is 4. The van der Waals surface area contributed by atoms with E-state index >= 15 is 0 Å². The fourth-order valence-electron chi connectivity index (χ4n) is 6.19. The Labute approximate surface area is 167 Å². The summed E-state index contributed by atoms with van der Waals surface area (Å²) in [4.78, 5) is 11.5. The van der Waals surface area contributed by atoms with Crippen molar-refractivity contribution in [2.24, 2.45) is 23.7 Å². The number of aryl methyl sites for hydroxylation is 1. The lowest BCUT2D eigenvalue weighted by molar-refractivity contribution is -0.185. The number of carbonyl (C=O) groups excluding carboxylic acids is 1. The maximum absolute atomic E-state index is 13.0. The first-order valence-corrected chi connectivity index (χ1v) is 11.6. The summed E-state index contributed by atoms with van der Waals surface area (Å²) in [7, 11) is -1.92. The highest BCUT2D eigenvalue weighted by Crippen LogP contribution is 2.59. The molecule has 1 aromatic rings. The van der Waals surface area contributed by atoms with Crippen LogP contribution in [0.4, 0.5) is 5.69 Å². The SMILES string of the molecule is COC1(CNS(=O)(=O)c2ccc(NC(C)=O)cc2C)C2CC3CC(C2)CC1C3. The second kappa shape index (κ2) is 7.11. The maximum atomic E-state index is 13.0. The summed E-state index contributed by atoms with van der Waals surface area (Å²) in [5, 5.41) is 2.68. The van der Waals surface area contributed by atoms with E-state index < -0.39 is 10.0 Å². The average Bonchev–Trinajstić information content (AvgIpc) is 2.60. The van der Waals surface area contributed by atoms with Crippen LogP contribution >= 0.6 is 0 Å². The molecule has 2 N–H and O–H groups in total. The summed E-state index contributed by atoms with van der Waals surface area (Å²) in [6.07, 6.45) is 5.98. The van der Waals surface area contributed by atoms with E-state index in [1.165, 1.54) is 13.3 Å². The van der Waals surface area contributed by atoms with Crippen molar-refractivity contribution in [3.63, 3.8) is 0 Å². The standard InChI is InChI=1S/C21H30N2O4S/c1-13-6-19(23-14(2)24)4-5-20(13)28(25,26)22-12-21(27-3)17-8-15-7-16(10-17)11-18(21)9-15/h4-6,15-18,22H,7-12H2,1-3H3,(H,23,24). The zero-order valence-corrected chi connectivity index (χ0v) is 17.6. The van der Waals surface area contributed by atoms with Crippen LogP contribution in [0.5, 0.6) is 0 Å². The highest BCUT2D eigenvalue weighted by molar-refractivity contribution is 7.89. The van der Waals surface area contributed by atoms with Crippen molar-refractivity contribution < 1.29 is 17.9 Å². The Bertz CT molecular complexity index is 852. The third-order valence-corrected chi connectivity index (χ3v) is 8.78. The Morgan fingerprint density at radius 3 is 2.25 bits per heavy atom. The Hall–Kier alpha value is -1.44. The molecule has 5 rings (SSSR count). The molecule has 0 unspecified atom stereocenters. The molecule has 0 saturated heterocycles. The molecule has 0 atom stereocenters. The molecule has 7 heteroatoms. The van der Waals surface area contributed by atoms with Crippen molar-refractivity contribution in [1.82, 2.24) is 4.72 Å². The lowest BCUT2D eigenvalue weighted by atomic mass is 9.50. The molecule has 4 saturated carbocycles. The third-order valence-electron chi connectivity index (χ3n) is 7.22. The summed E-state index contributed by atoms with van der Waals surface area (Å²) in [6.45, 7) is 3.50. The average molecular weight is 407 g/mol. The Balaban J connectivity index is 1.53. The number of sulfonamides is 1. The van der Waals surface area contributed by atoms with Crippen LogP contribution < -0.4 is 10.0 Å². The number of anilines is 1. The Kier molecular flexibility index (Phi) is 5.04.